The SMILES string of the molecule is N#CN1CCc2ccc(-c3c(F)cc(C(N)=O)c4c3-c3ccc(CCO)cc3C4)cc21. The molecule has 5 rings (SSSR count). The highest BCUT2D eigenvalue weighted by atomic mass is 19.1. The van der Waals surface area contributed by atoms with Gasteiger partial charge < -0.3 is 10.8 Å². The molecule has 31 heavy (non-hydrogen) atoms. The number of aliphatic hydroxyl groups excluding tert-OH is 1. The normalized spacial score (nSPS) is 13.5. The van der Waals surface area contributed by atoms with Gasteiger partial charge in [0.2, 0.25) is 5.91 Å². The molecule has 1 amide bonds. The first-order valence-corrected chi connectivity index (χ1v) is 10.2. The number of nitriles is 1. The number of nitrogens with zero attached hydrogens (tertiary/aromatic N) is 2. The highest BCUT2D eigenvalue weighted by Crippen LogP contribution is 2.47. The Kier molecular flexibility index (Phi) is 4.49. The lowest BCUT2D eigenvalue weighted by Gasteiger charge is -2.16. The summed E-state index contributed by atoms with van der Waals surface area (Å²) in [6, 6.07) is 12.7. The Morgan fingerprint density at radius 2 is 2.00 bits per heavy atom. The van der Waals surface area contributed by atoms with E-state index in [1.54, 1.807) is 4.90 Å². The van der Waals surface area contributed by atoms with Crippen molar-refractivity contribution in [2.45, 2.75) is 19.3 Å². The number of primary amides is 1. The highest BCUT2D eigenvalue weighted by molar-refractivity contribution is 6.02. The van der Waals surface area contributed by atoms with Crippen molar-refractivity contribution in [2.75, 3.05) is 18.1 Å². The van der Waals surface area contributed by atoms with Gasteiger partial charge in [0, 0.05) is 24.3 Å². The number of fused-ring (bicyclic) bond motifs is 4. The first-order valence-electron chi connectivity index (χ1n) is 10.2. The Bertz CT molecular complexity index is 1290. The standard InChI is InChI=1S/C25H20FN3O2/c26-21-12-20(25(28)31)19-10-17-9-14(6-8-30)1-4-18(17)24(19)23(21)16-3-2-15-5-7-29(13-27)22(15)11-16/h1-4,9,11-12,30H,5-8,10H2,(H2,28,31). The molecule has 0 aromatic heterocycles. The van der Waals surface area contributed by atoms with Crippen LogP contribution < -0.4 is 10.6 Å². The minimum Gasteiger partial charge on any atom is -0.396 e. The molecule has 5 nitrogen and oxygen atoms in total. The molecule has 3 aromatic rings. The van der Waals surface area contributed by atoms with E-state index in [0.29, 0.717) is 36.1 Å². The fourth-order valence-corrected chi connectivity index (χ4v) is 4.82. The van der Waals surface area contributed by atoms with Crippen LogP contribution in [0.15, 0.2) is 42.5 Å². The molecule has 0 spiro atoms. The van der Waals surface area contributed by atoms with E-state index in [1.807, 2.05) is 36.4 Å². The smallest absolute Gasteiger partial charge is 0.249 e. The number of hydrogen-bond donors (Lipinski definition) is 2. The fraction of sp³-hybridized carbons (Fsp3) is 0.200. The van der Waals surface area contributed by atoms with E-state index < -0.39 is 11.7 Å². The summed E-state index contributed by atoms with van der Waals surface area (Å²) < 4.78 is 15.5. The molecule has 0 saturated carbocycles. The minimum absolute atomic E-state index is 0.0443. The summed E-state index contributed by atoms with van der Waals surface area (Å²) in [6.45, 7) is 0.662. The number of rotatable bonds is 4. The number of benzene rings is 3. The van der Waals surface area contributed by atoms with Crippen LogP contribution in [-0.4, -0.2) is 24.2 Å². The van der Waals surface area contributed by atoms with Crippen LogP contribution in [0.3, 0.4) is 0 Å². The van der Waals surface area contributed by atoms with Crippen LogP contribution in [0, 0.1) is 17.3 Å². The van der Waals surface area contributed by atoms with Gasteiger partial charge in [0.25, 0.3) is 0 Å². The van der Waals surface area contributed by atoms with Crippen molar-refractivity contribution in [1.82, 2.24) is 0 Å². The van der Waals surface area contributed by atoms with Crippen LogP contribution in [0.4, 0.5) is 10.1 Å². The molecule has 154 valence electrons. The quantitative estimate of drug-likeness (QED) is 0.501. The molecule has 0 bridgehead atoms. The second-order valence-electron chi connectivity index (χ2n) is 7.99. The molecule has 0 atom stereocenters. The lowest BCUT2D eigenvalue weighted by atomic mass is 9.90. The second kappa shape index (κ2) is 7.22. The summed E-state index contributed by atoms with van der Waals surface area (Å²) in [5.74, 6) is -1.17. The number of hydrogen-bond acceptors (Lipinski definition) is 4. The van der Waals surface area contributed by atoms with Gasteiger partial charge in [-0.3, -0.25) is 9.69 Å². The Labute approximate surface area is 179 Å². The van der Waals surface area contributed by atoms with E-state index in [-0.39, 0.29) is 12.2 Å². The third-order valence-electron chi connectivity index (χ3n) is 6.25. The zero-order valence-electron chi connectivity index (χ0n) is 16.8. The zero-order valence-corrected chi connectivity index (χ0v) is 16.8. The predicted molar refractivity (Wildman–Crippen MR) is 116 cm³/mol. The van der Waals surface area contributed by atoms with Crippen molar-refractivity contribution in [1.29, 1.82) is 5.26 Å². The number of aliphatic hydroxyl groups is 1. The van der Waals surface area contributed by atoms with Gasteiger partial charge >= 0.3 is 0 Å². The van der Waals surface area contributed by atoms with Crippen molar-refractivity contribution >= 4 is 11.6 Å². The molecule has 1 aliphatic heterocycles. The summed E-state index contributed by atoms with van der Waals surface area (Å²) in [5.41, 5.74) is 12.9. The molecular weight excluding hydrogens is 393 g/mol. The van der Waals surface area contributed by atoms with Crippen molar-refractivity contribution in [3.8, 4) is 28.4 Å². The van der Waals surface area contributed by atoms with Crippen LogP contribution >= 0.6 is 0 Å². The van der Waals surface area contributed by atoms with Gasteiger partial charge in [-0.2, -0.15) is 5.26 Å². The van der Waals surface area contributed by atoms with E-state index in [1.165, 1.54) is 6.07 Å². The maximum atomic E-state index is 15.5. The molecular formula is C25H20FN3O2. The summed E-state index contributed by atoms with van der Waals surface area (Å²) in [6.07, 6.45) is 3.97. The van der Waals surface area contributed by atoms with Gasteiger partial charge in [-0.1, -0.05) is 30.3 Å². The predicted octanol–water partition coefficient (Wildman–Crippen LogP) is 3.54. The van der Waals surface area contributed by atoms with Crippen LogP contribution in [0.2, 0.25) is 0 Å². The van der Waals surface area contributed by atoms with Crippen LogP contribution in [0.5, 0.6) is 0 Å². The number of halogens is 1. The average Bonchev–Trinajstić information content (AvgIpc) is 3.33. The van der Waals surface area contributed by atoms with Crippen molar-refractivity contribution in [3.63, 3.8) is 0 Å². The third-order valence-corrected chi connectivity index (χ3v) is 6.25. The van der Waals surface area contributed by atoms with Gasteiger partial charge in [-0.05, 0) is 70.3 Å². The Morgan fingerprint density at radius 1 is 1.16 bits per heavy atom. The summed E-state index contributed by atoms with van der Waals surface area (Å²) in [4.78, 5) is 13.7. The number of amides is 1. The van der Waals surface area contributed by atoms with E-state index in [2.05, 4.69) is 6.19 Å². The molecule has 0 unspecified atom stereocenters. The lowest BCUT2D eigenvalue weighted by Crippen LogP contribution is -2.14. The highest BCUT2D eigenvalue weighted by Gasteiger charge is 2.30. The second-order valence-corrected chi connectivity index (χ2v) is 7.99. The number of nitrogens with two attached hydrogens (primary N) is 1. The van der Waals surface area contributed by atoms with Gasteiger partial charge in [0.15, 0.2) is 6.19 Å². The van der Waals surface area contributed by atoms with Gasteiger partial charge in [-0.25, -0.2) is 4.39 Å². The van der Waals surface area contributed by atoms with Gasteiger partial charge in [0.1, 0.15) is 5.82 Å². The summed E-state index contributed by atoms with van der Waals surface area (Å²) >= 11 is 0. The van der Waals surface area contributed by atoms with Gasteiger partial charge in [-0.15, -0.1) is 0 Å². The van der Waals surface area contributed by atoms with E-state index >= 15 is 4.39 Å². The average molecular weight is 413 g/mol. The monoisotopic (exact) mass is 413 g/mol. The van der Waals surface area contributed by atoms with Crippen molar-refractivity contribution in [2.24, 2.45) is 5.73 Å². The largest absolute Gasteiger partial charge is 0.396 e. The van der Waals surface area contributed by atoms with E-state index in [0.717, 1.165) is 39.9 Å². The van der Waals surface area contributed by atoms with Gasteiger partial charge in [0.05, 0.1) is 5.69 Å². The number of carbonyl (C=O) groups excluding carboxylic acids is 1. The Hall–Kier alpha value is -3.69. The summed E-state index contributed by atoms with van der Waals surface area (Å²) in [7, 11) is 0. The number of anilines is 1. The Balaban J connectivity index is 1.75. The van der Waals surface area contributed by atoms with E-state index in [4.69, 9.17) is 5.73 Å². The zero-order chi connectivity index (χ0) is 21.7. The minimum atomic E-state index is -0.658. The molecule has 6 heteroatoms. The first kappa shape index (κ1) is 19.3. The fourth-order valence-electron chi connectivity index (χ4n) is 4.82. The molecule has 0 saturated heterocycles. The lowest BCUT2D eigenvalue weighted by molar-refractivity contribution is 0.0999. The Morgan fingerprint density at radius 3 is 2.74 bits per heavy atom. The maximum absolute atomic E-state index is 15.5. The van der Waals surface area contributed by atoms with Crippen LogP contribution in [0.25, 0.3) is 22.3 Å². The van der Waals surface area contributed by atoms with Crippen molar-refractivity contribution < 1.29 is 14.3 Å². The topological polar surface area (TPSA) is 90.4 Å². The molecule has 1 heterocycles. The molecule has 3 aromatic carbocycles. The maximum Gasteiger partial charge on any atom is 0.249 e. The molecule has 2 aliphatic rings. The molecule has 0 fully saturated rings. The van der Waals surface area contributed by atoms with Crippen LogP contribution in [-0.2, 0) is 19.3 Å². The molecule has 3 N–H and O–H groups in total. The third kappa shape index (κ3) is 2.97. The molecule has 1 aliphatic carbocycles. The first-order chi connectivity index (χ1) is 15.0. The van der Waals surface area contributed by atoms with Crippen LogP contribution in [0.1, 0.15) is 32.6 Å². The summed E-state index contributed by atoms with van der Waals surface area (Å²) in [5, 5.41) is 18.7. The number of carbonyl (C=O) groups is 1. The van der Waals surface area contributed by atoms with E-state index in [9.17, 15) is 15.2 Å². The molecule has 0 radical (unpaired) electrons. The van der Waals surface area contributed by atoms with Crippen molar-refractivity contribution in [3.05, 3.63) is 76.1 Å².